The van der Waals surface area contributed by atoms with Crippen LogP contribution in [0.15, 0.2) is 59.4 Å². The molecule has 0 atom stereocenters. The van der Waals surface area contributed by atoms with Crippen LogP contribution >= 0.6 is 36.4 Å². The van der Waals surface area contributed by atoms with Gasteiger partial charge in [0.1, 0.15) is 0 Å². The molecule has 3 aromatic rings. The summed E-state index contributed by atoms with van der Waals surface area (Å²) in [6.07, 6.45) is 3.81. The third-order valence-corrected chi connectivity index (χ3v) is 6.20. The summed E-state index contributed by atoms with van der Waals surface area (Å²) in [5.41, 5.74) is 2.62. The molecule has 1 fully saturated rings. The second-order valence-electron chi connectivity index (χ2n) is 8.42. The summed E-state index contributed by atoms with van der Waals surface area (Å²) in [6.45, 7) is 4.52. The van der Waals surface area contributed by atoms with Gasteiger partial charge in [-0.1, -0.05) is 35.9 Å². The van der Waals surface area contributed by atoms with Crippen LogP contribution in [0.4, 0.5) is 4.39 Å². The third-order valence-electron chi connectivity index (χ3n) is 5.94. The minimum Gasteiger partial charge on any atom is -0.494 e. The number of rotatable bonds is 7. The summed E-state index contributed by atoms with van der Waals surface area (Å²) in [4.78, 5) is 17.8. The van der Waals surface area contributed by atoms with Crippen LogP contribution in [-0.2, 0) is 13.1 Å². The molecule has 1 saturated heterocycles. The van der Waals surface area contributed by atoms with Crippen molar-refractivity contribution < 1.29 is 9.13 Å². The molecule has 194 valence electrons. The van der Waals surface area contributed by atoms with Gasteiger partial charge >= 0.3 is 0 Å². The lowest BCUT2D eigenvalue weighted by Gasteiger charge is -2.32. The van der Waals surface area contributed by atoms with E-state index in [1.165, 1.54) is 17.9 Å². The van der Waals surface area contributed by atoms with Gasteiger partial charge in [-0.05, 0) is 49.0 Å². The Morgan fingerprint density at radius 2 is 1.75 bits per heavy atom. The van der Waals surface area contributed by atoms with Crippen molar-refractivity contribution in [3.8, 4) is 17.0 Å². The average Bonchev–Trinajstić information content (AvgIpc) is 2.84. The first-order valence-corrected chi connectivity index (χ1v) is 11.6. The summed E-state index contributed by atoms with van der Waals surface area (Å²) >= 11 is 5.95. The largest absolute Gasteiger partial charge is 0.494 e. The zero-order chi connectivity index (χ0) is 24.1. The first-order chi connectivity index (χ1) is 16.4. The Labute approximate surface area is 228 Å². The highest BCUT2D eigenvalue weighted by atomic mass is 35.5. The van der Waals surface area contributed by atoms with Crippen LogP contribution in [-0.4, -0.2) is 59.9 Å². The third kappa shape index (κ3) is 7.54. The van der Waals surface area contributed by atoms with Gasteiger partial charge in [-0.3, -0.25) is 9.69 Å². The van der Waals surface area contributed by atoms with Crippen LogP contribution in [0.25, 0.3) is 17.3 Å². The smallest absolute Gasteiger partial charge is 0.271 e. The van der Waals surface area contributed by atoms with Crippen LogP contribution in [0.3, 0.4) is 0 Å². The van der Waals surface area contributed by atoms with Gasteiger partial charge in [0.25, 0.3) is 5.56 Å². The Bertz CT molecular complexity index is 1230. The summed E-state index contributed by atoms with van der Waals surface area (Å²) < 4.78 is 20.9. The molecule has 4 rings (SSSR count). The Balaban J connectivity index is 0.00000228. The molecule has 1 aliphatic heterocycles. The number of hydrogen-bond donors (Lipinski definition) is 0. The molecule has 10 heteroatoms. The maximum atomic E-state index is 14.4. The monoisotopic (exact) mass is 554 g/mol. The van der Waals surface area contributed by atoms with E-state index in [4.69, 9.17) is 16.3 Å². The molecule has 2 aromatic carbocycles. The topological polar surface area (TPSA) is 50.6 Å². The number of allylic oxidation sites excluding steroid dienone is 1. The predicted molar refractivity (Wildman–Crippen MR) is 148 cm³/mol. The molecule has 0 N–H and O–H groups in total. The highest BCUT2D eigenvalue weighted by Crippen LogP contribution is 2.24. The van der Waals surface area contributed by atoms with Crippen molar-refractivity contribution in [3.05, 3.63) is 86.9 Å². The second-order valence-corrected chi connectivity index (χ2v) is 8.86. The molecule has 36 heavy (non-hydrogen) atoms. The summed E-state index contributed by atoms with van der Waals surface area (Å²) in [5.74, 6) is -0.302. The molecule has 6 nitrogen and oxygen atoms in total. The molecule has 1 aliphatic rings. The van der Waals surface area contributed by atoms with Crippen LogP contribution < -0.4 is 10.3 Å². The van der Waals surface area contributed by atoms with Crippen molar-refractivity contribution in [2.75, 3.05) is 40.3 Å². The Hall–Kier alpha value is -2.42. The van der Waals surface area contributed by atoms with Crippen LogP contribution in [0, 0.1) is 5.82 Å². The van der Waals surface area contributed by atoms with Gasteiger partial charge in [0, 0.05) is 48.9 Å². The number of nitrogens with zero attached hydrogens (tertiary/aromatic N) is 4. The zero-order valence-electron chi connectivity index (χ0n) is 20.2. The highest BCUT2D eigenvalue weighted by Gasteiger charge is 2.18. The molecule has 0 amide bonds. The lowest BCUT2D eigenvalue weighted by molar-refractivity contribution is 0.147. The van der Waals surface area contributed by atoms with Gasteiger partial charge in [-0.15, -0.1) is 24.8 Å². The molecule has 1 aromatic heterocycles. The number of ether oxygens (including phenoxy) is 1. The van der Waals surface area contributed by atoms with Crippen LogP contribution in [0.1, 0.15) is 11.1 Å². The van der Waals surface area contributed by atoms with E-state index in [0.717, 1.165) is 31.7 Å². The second kappa shape index (κ2) is 13.8. The summed E-state index contributed by atoms with van der Waals surface area (Å²) in [7, 11) is 3.53. The summed E-state index contributed by atoms with van der Waals surface area (Å²) in [5, 5.41) is 5.22. The van der Waals surface area contributed by atoms with Crippen molar-refractivity contribution >= 4 is 42.5 Å². The van der Waals surface area contributed by atoms with Crippen molar-refractivity contribution in [1.29, 1.82) is 0 Å². The quantitative estimate of drug-likeness (QED) is 0.410. The molecular weight excluding hydrogens is 526 g/mol. The van der Waals surface area contributed by atoms with E-state index in [0.29, 0.717) is 34.9 Å². The SMILES string of the molecule is COc1ccc(-c2cc(CN3CCN(C)CC3)c(=O)n(C/C=C/c3ccc(Cl)cc3)n2)cc1F.Cl.Cl. The minimum absolute atomic E-state index is 0. The standard InChI is InChI=1S/C26H28ClFN4O2.2ClH/c1-30-12-14-31(15-13-30)18-21-17-24(20-7-10-25(34-2)23(28)16-20)29-32(26(21)33)11-3-4-19-5-8-22(27)9-6-19;;/h3-10,16-17H,11-15,18H2,1-2H3;2*1H/b4-3+;;. The number of likely N-dealkylation sites (N-methyl/N-ethyl adjacent to an activating group) is 1. The number of halogens is 4. The maximum Gasteiger partial charge on any atom is 0.271 e. The Morgan fingerprint density at radius 3 is 2.39 bits per heavy atom. The van der Waals surface area contributed by atoms with E-state index in [1.807, 2.05) is 36.4 Å². The Morgan fingerprint density at radius 1 is 1.06 bits per heavy atom. The first kappa shape index (κ1) is 29.8. The van der Waals surface area contributed by atoms with E-state index < -0.39 is 5.82 Å². The molecule has 0 bridgehead atoms. The van der Waals surface area contributed by atoms with Gasteiger partial charge in [-0.2, -0.15) is 5.10 Å². The van der Waals surface area contributed by atoms with Crippen molar-refractivity contribution in [2.45, 2.75) is 13.1 Å². The average molecular weight is 556 g/mol. The molecule has 0 radical (unpaired) electrons. The van der Waals surface area contributed by atoms with Crippen molar-refractivity contribution in [3.63, 3.8) is 0 Å². The fourth-order valence-electron chi connectivity index (χ4n) is 3.91. The lowest BCUT2D eigenvalue weighted by Crippen LogP contribution is -2.44. The number of hydrogen-bond acceptors (Lipinski definition) is 5. The number of piperazine rings is 1. The van der Waals surface area contributed by atoms with Crippen molar-refractivity contribution in [1.82, 2.24) is 19.6 Å². The molecule has 0 spiro atoms. The first-order valence-electron chi connectivity index (χ1n) is 11.2. The fourth-order valence-corrected chi connectivity index (χ4v) is 4.04. The van der Waals surface area contributed by atoms with E-state index >= 15 is 0 Å². The van der Waals surface area contributed by atoms with Gasteiger partial charge in [0.2, 0.25) is 0 Å². The minimum atomic E-state index is -0.470. The molecule has 0 unspecified atom stereocenters. The fraction of sp³-hybridized carbons (Fsp3) is 0.308. The normalized spacial score (nSPS) is 14.3. The number of aromatic nitrogens is 2. The van der Waals surface area contributed by atoms with Gasteiger partial charge < -0.3 is 9.64 Å². The zero-order valence-corrected chi connectivity index (χ0v) is 22.6. The van der Waals surface area contributed by atoms with Crippen LogP contribution in [0.5, 0.6) is 5.75 Å². The molecule has 0 saturated carbocycles. The molecule has 2 heterocycles. The molecular formula is C26H30Cl3FN4O2. The van der Waals surface area contributed by atoms with Gasteiger partial charge in [-0.25, -0.2) is 9.07 Å². The van der Waals surface area contributed by atoms with Crippen LogP contribution in [0.2, 0.25) is 5.02 Å². The predicted octanol–water partition coefficient (Wildman–Crippen LogP) is 5.02. The molecule has 0 aliphatic carbocycles. The van der Waals surface area contributed by atoms with Crippen molar-refractivity contribution in [2.24, 2.45) is 0 Å². The van der Waals surface area contributed by atoms with E-state index in [-0.39, 0.29) is 36.1 Å². The Kier molecular flexibility index (Phi) is 11.4. The number of benzene rings is 2. The van der Waals surface area contributed by atoms with E-state index in [2.05, 4.69) is 21.9 Å². The van der Waals surface area contributed by atoms with E-state index in [1.54, 1.807) is 18.2 Å². The lowest BCUT2D eigenvalue weighted by atomic mass is 10.1. The van der Waals surface area contributed by atoms with Gasteiger partial charge in [0.15, 0.2) is 11.6 Å². The maximum absolute atomic E-state index is 14.4. The van der Waals surface area contributed by atoms with E-state index in [9.17, 15) is 9.18 Å². The summed E-state index contributed by atoms with van der Waals surface area (Å²) in [6, 6.07) is 13.9. The highest BCUT2D eigenvalue weighted by molar-refractivity contribution is 6.30. The van der Waals surface area contributed by atoms with Gasteiger partial charge in [0.05, 0.1) is 19.3 Å². The number of methoxy groups -OCH3 is 1.